The van der Waals surface area contributed by atoms with Gasteiger partial charge in [0.1, 0.15) is 0 Å². The van der Waals surface area contributed by atoms with E-state index in [4.69, 9.17) is 0 Å². The molecule has 3 N–H and O–H groups in total. The quantitative estimate of drug-likeness (QED) is 0.719. The van der Waals surface area contributed by atoms with Gasteiger partial charge in [-0.3, -0.25) is 4.79 Å². The van der Waals surface area contributed by atoms with Crippen LogP contribution in [-0.2, 0) is 4.79 Å². The van der Waals surface area contributed by atoms with Gasteiger partial charge in [-0.05, 0) is 36.7 Å². The van der Waals surface area contributed by atoms with Crippen molar-refractivity contribution in [2.45, 2.75) is 50.5 Å². The van der Waals surface area contributed by atoms with E-state index < -0.39 is 0 Å². The third-order valence-electron chi connectivity index (χ3n) is 5.03. The zero-order chi connectivity index (χ0) is 16.8. The predicted octanol–water partition coefficient (Wildman–Crippen LogP) is 2.54. The highest BCUT2D eigenvalue weighted by Gasteiger charge is 2.37. The van der Waals surface area contributed by atoms with Crippen LogP contribution in [0, 0.1) is 5.92 Å². The van der Waals surface area contributed by atoms with E-state index in [1.807, 2.05) is 6.07 Å². The number of benzene rings is 1. The van der Waals surface area contributed by atoms with E-state index in [1.165, 1.54) is 18.4 Å². The van der Waals surface area contributed by atoms with Crippen molar-refractivity contribution in [3.05, 3.63) is 35.9 Å². The molecule has 5 heteroatoms. The van der Waals surface area contributed by atoms with Crippen LogP contribution in [0.4, 0.5) is 4.79 Å². The van der Waals surface area contributed by atoms with Crippen LogP contribution in [0.1, 0.15) is 50.0 Å². The molecule has 130 valence electrons. The smallest absolute Gasteiger partial charge is 0.314 e. The van der Waals surface area contributed by atoms with Gasteiger partial charge in [0.2, 0.25) is 5.91 Å². The van der Waals surface area contributed by atoms with Crippen molar-refractivity contribution in [2.75, 3.05) is 13.1 Å². The number of carbonyl (C=O) groups is 2. The summed E-state index contributed by atoms with van der Waals surface area (Å²) in [6.45, 7) is 1.08. The first-order valence-corrected chi connectivity index (χ1v) is 9.08. The van der Waals surface area contributed by atoms with Crippen molar-refractivity contribution in [1.29, 1.82) is 0 Å². The van der Waals surface area contributed by atoms with Gasteiger partial charge in [-0.1, -0.05) is 43.2 Å². The van der Waals surface area contributed by atoms with Gasteiger partial charge in [0, 0.05) is 25.6 Å². The first-order valence-electron chi connectivity index (χ1n) is 9.08. The molecule has 1 aromatic rings. The summed E-state index contributed by atoms with van der Waals surface area (Å²) in [4.78, 5) is 23.6. The van der Waals surface area contributed by atoms with E-state index in [0.717, 1.165) is 19.3 Å². The first-order chi connectivity index (χ1) is 11.7. The lowest BCUT2D eigenvalue weighted by Gasteiger charge is -2.12. The first kappa shape index (κ1) is 16.8. The third kappa shape index (κ3) is 4.98. The van der Waals surface area contributed by atoms with E-state index in [1.54, 1.807) is 0 Å². The maximum absolute atomic E-state index is 11.8. The second-order valence-corrected chi connectivity index (χ2v) is 6.95. The summed E-state index contributed by atoms with van der Waals surface area (Å²) in [7, 11) is 0. The lowest BCUT2D eigenvalue weighted by atomic mass is 10.1. The topological polar surface area (TPSA) is 70.2 Å². The van der Waals surface area contributed by atoms with Crippen LogP contribution in [0.3, 0.4) is 0 Å². The van der Waals surface area contributed by atoms with Crippen LogP contribution in [0.2, 0.25) is 0 Å². The Kier molecular flexibility index (Phi) is 5.72. The van der Waals surface area contributed by atoms with E-state index in [9.17, 15) is 9.59 Å². The molecule has 1 aromatic carbocycles. The molecular weight excluding hydrogens is 302 g/mol. The molecule has 3 amide bonds. The normalized spacial score (nSPS) is 22.8. The van der Waals surface area contributed by atoms with E-state index in [2.05, 4.69) is 40.2 Å². The van der Waals surface area contributed by atoms with E-state index in [-0.39, 0.29) is 11.9 Å². The molecule has 2 saturated carbocycles. The zero-order valence-electron chi connectivity index (χ0n) is 14.1. The molecule has 0 unspecified atom stereocenters. The Morgan fingerprint density at radius 2 is 1.79 bits per heavy atom. The van der Waals surface area contributed by atoms with Gasteiger partial charge in [-0.15, -0.1) is 0 Å². The maximum atomic E-state index is 11.8. The minimum atomic E-state index is -0.178. The summed E-state index contributed by atoms with van der Waals surface area (Å²) >= 11 is 0. The summed E-state index contributed by atoms with van der Waals surface area (Å²) in [6.07, 6.45) is 6.06. The third-order valence-corrected chi connectivity index (χ3v) is 5.03. The van der Waals surface area contributed by atoms with Gasteiger partial charge in [-0.2, -0.15) is 0 Å². The van der Waals surface area contributed by atoms with Crippen molar-refractivity contribution in [1.82, 2.24) is 16.0 Å². The van der Waals surface area contributed by atoms with Crippen molar-refractivity contribution in [2.24, 2.45) is 5.92 Å². The number of hydrogen-bond acceptors (Lipinski definition) is 2. The van der Waals surface area contributed by atoms with Crippen LogP contribution >= 0.6 is 0 Å². The molecule has 0 aromatic heterocycles. The molecule has 0 radical (unpaired) electrons. The second-order valence-electron chi connectivity index (χ2n) is 6.95. The highest BCUT2D eigenvalue weighted by molar-refractivity contribution is 5.78. The lowest BCUT2D eigenvalue weighted by molar-refractivity contribution is -0.121. The van der Waals surface area contributed by atoms with Crippen LogP contribution in [0.25, 0.3) is 0 Å². The molecule has 0 spiro atoms. The molecule has 0 heterocycles. The van der Waals surface area contributed by atoms with E-state index in [0.29, 0.717) is 37.4 Å². The van der Waals surface area contributed by atoms with Crippen LogP contribution in [-0.4, -0.2) is 31.1 Å². The minimum absolute atomic E-state index is 0.0357. The Morgan fingerprint density at radius 3 is 2.54 bits per heavy atom. The molecule has 0 aliphatic heterocycles. The van der Waals surface area contributed by atoms with Gasteiger partial charge in [0.25, 0.3) is 0 Å². The lowest BCUT2D eigenvalue weighted by Crippen LogP contribution is -2.40. The average Bonchev–Trinajstić information content (AvgIpc) is 3.20. The molecule has 2 fully saturated rings. The molecule has 0 saturated heterocycles. The summed E-state index contributed by atoms with van der Waals surface area (Å²) in [6, 6.07) is 10.6. The van der Waals surface area contributed by atoms with Gasteiger partial charge >= 0.3 is 6.03 Å². The monoisotopic (exact) mass is 329 g/mol. The van der Waals surface area contributed by atoms with E-state index >= 15 is 0 Å². The summed E-state index contributed by atoms with van der Waals surface area (Å²) < 4.78 is 0. The van der Waals surface area contributed by atoms with Crippen LogP contribution < -0.4 is 16.0 Å². The second kappa shape index (κ2) is 8.18. The highest BCUT2D eigenvalue weighted by atomic mass is 16.2. The number of amides is 3. The molecule has 24 heavy (non-hydrogen) atoms. The number of urea groups is 1. The molecule has 0 bridgehead atoms. The van der Waals surface area contributed by atoms with Crippen molar-refractivity contribution in [3.8, 4) is 0 Å². The fraction of sp³-hybridized carbons (Fsp3) is 0.579. The fourth-order valence-corrected chi connectivity index (χ4v) is 3.53. The van der Waals surface area contributed by atoms with Crippen molar-refractivity contribution in [3.63, 3.8) is 0 Å². The van der Waals surface area contributed by atoms with Gasteiger partial charge < -0.3 is 16.0 Å². The molecule has 2 atom stereocenters. The summed E-state index contributed by atoms with van der Waals surface area (Å²) in [5.41, 5.74) is 1.35. The maximum Gasteiger partial charge on any atom is 0.314 e. The molecule has 5 nitrogen and oxygen atoms in total. The molecule has 2 aliphatic carbocycles. The Hall–Kier alpha value is -2.04. The Labute approximate surface area is 143 Å². The van der Waals surface area contributed by atoms with Gasteiger partial charge in [-0.25, -0.2) is 4.79 Å². The zero-order valence-corrected chi connectivity index (χ0v) is 14.1. The minimum Gasteiger partial charge on any atom is -0.353 e. The van der Waals surface area contributed by atoms with Gasteiger partial charge in [0.05, 0.1) is 0 Å². The number of nitrogens with one attached hydrogen (secondary N) is 3. The Balaban J connectivity index is 1.25. The van der Waals surface area contributed by atoms with Gasteiger partial charge in [0.15, 0.2) is 0 Å². The molecule has 2 aliphatic rings. The summed E-state index contributed by atoms with van der Waals surface area (Å²) in [5, 5.41) is 8.70. The molecule has 3 rings (SSSR count). The predicted molar refractivity (Wildman–Crippen MR) is 93.7 cm³/mol. The SMILES string of the molecule is O=C(CCNC(=O)NC[C@@H]1C[C@@H]1c1ccccc1)NC1CCCC1. The number of carbonyl (C=O) groups excluding carboxylic acids is 2. The van der Waals surface area contributed by atoms with Crippen molar-refractivity contribution < 1.29 is 9.59 Å². The fourth-order valence-electron chi connectivity index (χ4n) is 3.53. The average molecular weight is 329 g/mol. The Bertz CT molecular complexity index is 555. The Morgan fingerprint density at radius 1 is 1.04 bits per heavy atom. The number of rotatable bonds is 7. The highest BCUT2D eigenvalue weighted by Crippen LogP contribution is 2.46. The molecular formula is C19H27N3O2. The van der Waals surface area contributed by atoms with Crippen LogP contribution in [0.15, 0.2) is 30.3 Å². The largest absolute Gasteiger partial charge is 0.353 e. The number of hydrogen-bond donors (Lipinski definition) is 3. The summed E-state index contributed by atoms with van der Waals surface area (Å²) in [5.74, 6) is 1.14. The standard InChI is InChI=1S/C19H27N3O2/c23-18(22-16-8-4-5-9-16)10-11-20-19(24)21-13-15-12-17(15)14-6-2-1-3-7-14/h1-3,6-7,15-17H,4-5,8-13H2,(H,22,23)(H2,20,21,24)/t15-,17+/m0/s1. The van der Waals surface area contributed by atoms with Crippen molar-refractivity contribution >= 4 is 11.9 Å². The van der Waals surface area contributed by atoms with Crippen LogP contribution in [0.5, 0.6) is 0 Å².